The summed E-state index contributed by atoms with van der Waals surface area (Å²) in [5, 5.41) is 8.25. The first kappa shape index (κ1) is 15.1. The molecule has 0 unspecified atom stereocenters. The number of carbonyl (C=O) groups is 1. The largest absolute Gasteiger partial charge is 0.329 e. The molecule has 0 bridgehead atoms. The van der Waals surface area contributed by atoms with Gasteiger partial charge in [-0.05, 0) is 42.3 Å². The second-order valence-electron chi connectivity index (χ2n) is 6.10. The van der Waals surface area contributed by atoms with E-state index in [0.717, 1.165) is 16.6 Å². The number of benzene rings is 3. The Bertz CT molecular complexity index is 820. The molecule has 3 nitrogen and oxygen atoms in total. The summed E-state index contributed by atoms with van der Waals surface area (Å²) >= 11 is 0. The van der Waals surface area contributed by atoms with Gasteiger partial charge in [0, 0.05) is 5.69 Å². The minimum absolute atomic E-state index is 0.214. The standard InChI is InChI=1S/C20H20N2O/c1-20(2,22-19(23)21-16-11-4-3-5-12-16)18-14-8-10-15-9-6-7-13-17(15)18/h3-14H,1-2H3,(H2,21,22,23). The average Bonchev–Trinajstić information content (AvgIpc) is 2.54. The number of urea groups is 1. The SMILES string of the molecule is CC(C)(NC(=O)Nc1ccccc1)c1cccc2ccccc12. The van der Waals surface area contributed by atoms with Crippen molar-refractivity contribution in [3.63, 3.8) is 0 Å². The van der Waals surface area contributed by atoms with Gasteiger partial charge in [-0.2, -0.15) is 0 Å². The lowest BCUT2D eigenvalue weighted by Gasteiger charge is -2.28. The Hall–Kier alpha value is -2.81. The van der Waals surface area contributed by atoms with E-state index in [1.807, 2.05) is 62.4 Å². The second-order valence-corrected chi connectivity index (χ2v) is 6.10. The number of rotatable bonds is 3. The fraction of sp³-hybridized carbons (Fsp3) is 0.150. The third kappa shape index (κ3) is 3.34. The quantitative estimate of drug-likeness (QED) is 0.710. The second kappa shape index (κ2) is 6.13. The zero-order valence-electron chi connectivity index (χ0n) is 13.3. The van der Waals surface area contributed by atoms with Crippen molar-refractivity contribution < 1.29 is 4.79 Å². The highest BCUT2D eigenvalue weighted by molar-refractivity contribution is 5.91. The van der Waals surface area contributed by atoms with Crippen molar-refractivity contribution in [3.05, 3.63) is 78.4 Å². The van der Waals surface area contributed by atoms with Crippen LogP contribution >= 0.6 is 0 Å². The van der Waals surface area contributed by atoms with Gasteiger partial charge in [0.05, 0.1) is 5.54 Å². The Kier molecular flexibility index (Phi) is 4.02. The number of carbonyl (C=O) groups excluding carboxylic acids is 1. The summed E-state index contributed by atoms with van der Waals surface area (Å²) in [4.78, 5) is 12.3. The molecular formula is C20H20N2O. The third-order valence-electron chi connectivity index (χ3n) is 3.92. The molecule has 0 atom stereocenters. The van der Waals surface area contributed by atoms with Crippen LogP contribution in [0.25, 0.3) is 10.8 Å². The van der Waals surface area contributed by atoms with E-state index in [9.17, 15) is 4.79 Å². The molecule has 0 saturated heterocycles. The fourth-order valence-corrected chi connectivity index (χ4v) is 2.81. The Morgan fingerprint density at radius 3 is 2.26 bits per heavy atom. The lowest BCUT2D eigenvalue weighted by atomic mass is 9.89. The summed E-state index contributed by atoms with van der Waals surface area (Å²) in [6.45, 7) is 4.03. The number of anilines is 1. The molecule has 0 aliphatic heterocycles. The van der Waals surface area contributed by atoms with Crippen LogP contribution in [-0.2, 0) is 5.54 Å². The minimum Gasteiger partial charge on any atom is -0.329 e. The van der Waals surface area contributed by atoms with Crippen LogP contribution in [0, 0.1) is 0 Å². The molecule has 0 radical (unpaired) electrons. The average molecular weight is 304 g/mol. The fourth-order valence-electron chi connectivity index (χ4n) is 2.81. The number of amides is 2. The van der Waals surface area contributed by atoms with Gasteiger partial charge < -0.3 is 10.6 Å². The maximum Gasteiger partial charge on any atom is 0.319 e. The van der Waals surface area contributed by atoms with Gasteiger partial charge in [0.25, 0.3) is 0 Å². The van der Waals surface area contributed by atoms with Crippen LogP contribution in [0.2, 0.25) is 0 Å². The van der Waals surface area contributed by atoms with Crippen molar-refractivity contribution in [1.82, 2.24) is 5.32 Å². The lowest BCUT2D eigenvalue weighted by molar-refractivity contribution is 0.242. The Balaban J connectivity index is 1.84. The number of para-hydroxylation sites is 1. The van der Waals surface area contributed by atoms with Gasteiger partial charge >= 0.3 is 6.03 Å². The topological polar surface area (TPSA) is 41.1 Å². The lowest BCUT2D eigenvalue weighted by Crippen LogP contribution is -2.43. The smallest absolute Gasteiger partial charge is 0.319 e. The number of nitrogens with one attached hydrogen (secondary N) is 2. The molecular weight excluding hydrogens is 284 g/mol. The Morgan fingerprint density at radius 1 is 0.826 bits per heavy atom. The zero-order valence-corrected chi connectivity index (χ0v) is 13.3. The predicted octanol–water partition coefficient (Wildman–Crippen LogP) is 4.90. The van der Waals surface area contributed by atoms with Crippen molar-refractivity contribution >= 4 is 22.5 Å². The highest BCUT2D eigenvalue weighted by Crippen LogP contribution is 2.28. The van der Waals surface area contributed by atoms with Crippen molar-refractivity contribution in [3.8, 4) is 0 Å². The Morgan fingerprint density at radius 2 is 1.48 bits per heavy atom. The molecule has 3 rings (SSSR count). The van der Waals surface area contributed by atoms with Gasteiger partial charge in [-0.15, -0.1) is 0 Å². The maximum absolute atomic E-state index is 12.3. The first-order chi connectivity index (χ1) is 11.1. The van der Waals surface area contributed by atoms with E-state index in [2.05, 4.69) is 34.9 Å². The molecule has 116 valence electrons. The molecule has 3 aromatic carbocycles. The number of hydrogen-bond acceptors (Lipinski definition) is 1. The van der Waals surface area contributed by atoms with E-state index in [4.69, 9.17) is 0 Å². The van der Waals surface area contributed by atoms with Crippen molar-refractivity contribution in [2.45, 2.75) is 19.4 Å². The van der Waals surface area contributed by atoms with Crippen molar-refractivity contribution in [2.24, 2.45) is 0 Å². The van der Waals surface area contributed by atoms with Gasteiger partial charge in [0.15, 0.2) is 0 Å². The van der Waals surface area contributed by atoms with Gasteiger partial charge in [-0.3, -0.25) is 0 Å². The van der Waals surface area contributed by atoms with Crippen molar-refractivity contribution in [1.29, 1.82) is 0 Å². The molecule has 23 heavy (non-hydrogen) atoms. The third-order valence-corrected chi connectivity index (χ3v) is 3.92. The summed E-state index contributed by atoms with van der Waals surface area (Å²) in [7, 11) is 0. The van der Waals surface area contributed by atoms with E-state index < -0.39 is 5.54 Å². The minimum atomic E-state index is -0.486. The van der Waals surface area contributed by atoms with E-state index in [1.165, 1.54) is 5.39 Å². The Labute approximate surface area is 136 Å². The molecule has 0 aliphatic carbocycles. The molecule has 2 N–H and O–H groups in total. The van der Waals surface area contributed by atoms with Crippen LogP contribution in [0.5, 0.6) is 0 Å². The molecule has 0 saturated carbocycles. The van der Waals surface area contributed by atoms with Gasteiger partial charge in [0.2, 0.25) is 0 Å². The highest BCUT2D eigenvalue weighted by atomic mass is 16.2. The molecule has 3 aromatic rings. The first-order valence-electron chi connectivity index (χ1n) is 7.69. The van der Waals surface area contributed by atoms with E-state index in [1.54, 1.807) is 0 Å². The summed E-state index contributed by atoms with van der Waals surface area (Å²) in [6.07, 6.45) is 0. The molecule has 2 amide bonds. The van der Waals surface area contributed by atoms with Crippen LogP contribution in [0.4, 0.5) is 10.5 Å². The summed E-state index contributed by atoms with van der Waals surface area (Å²) < 4.78 is 0. The van der Waals surface area contributed by atoms with Gasteiger partial charge in [-0.1, -0.05) is 60.7 Å². The predicted molar refractivity (Wildman–Crippen MR) is 95.6 cm³/mol. The molecule has 3 heteroatoms. The normalized spacial score (nSPS) is 11.2. The maximum atomic E-state index is 12.3. The molecule has 0 aromatic heterocycles. The molecule has 0 heterocycles. The summed E-state index contributed by atoms with van der Waals surface area (Å²) in [5.41, 5.74) is 1.39. The monoisotopic (exact) mass is 304 g/mol. The van der Waals surface area contributed by atoms with Crippen LogP contribution in [0.15, 0.2) is 72.8 Å². The first-order valence-corrected chi connectivity index (χ1v) is 7.69. The summed E-state index contributed by atoms with van der Waals surface area (Å²) in [5.74, 6) is 0. The van der Waals surface area contributed by atoms with Crippen molar-refractivity contribution in [2.75, 3.05) is 5.32 Å². The van der Waals surface area contributed by atoms with Gasteiger partial charge in [-0.25, -0.2) is 4.79 Å². The molecule has 0 spiro atoms. The zero-order chi connectivity index (χ0) is 16.3. The van der Waals surface area contributed by atoms with Gasteiger partial charge in [0.1, 0.15) is 0 Å². The van der Waals surface area contributed by atoms with Crippen LogP contribution in [0.3, 0.4) is 0 Å². The molecule has 0 aliphatic rings. The highest BCUT2D eigenvalue weighted by Gasteiger charge is 2.24. The molecule has 0 fully saturated rings. The number of hydrogen-bond donors (Lipinski definition) is 2. The van der Waals surface area contributed by atoms with Crippen LogP contribution < -0.4 is 10.6 Å². The number of fused-ring (bicyclic) bond motifs is 1. The van der Waals surface area contributed by atoms with Crippen LogP contribution in [-0.4, -0.2) is 6.03 Å². The van der Waals surface area contributed by atoms with E-state index in [0.29, 0.717) is 0 Å². The van der Waals surface area contributed by atoms with E-state index in [-0.39, 0.29) is 6.03 Å². The van der Waals surface area contributed by atoms with E-state index >= 15 is 0 Å². The summed E-state index contributed by atoms with van der Waals surface area (Å²) in [6, 6.07) is 23.6. The van der Waals surface area contributed by atoms with Crippen LogP contribution in [0.1, 0.15) is 19.4 Å².